The van der Waals surface area contributed by atoms with Crippen LogP contribution in [0.2, 0.25) is 0 Å². The zero-order chi connectivity index (χ0) is 13.9. The Labute approximate surface area is 114 Å². The van der Waals surface area contributed by atoms with Crippen LogP contribution >= 0.6 is 0 Å². The molecular formula is C15H12FN3O. The molecule has 0 aliphatic heterocycles. The van der Waals surface area contributed by atoms with Crippen LogP contribution in [-0.2, 0) is 11.3 Å². The van der Waals surface area contributed by atoms with E-state index in [9.17, 15) is 9.18 Å². The molecule has 1 aromatic heterocycles. The molecule has 1 heterocycles. The summed E-state index contributed by atoms with van der Waals surface area (Å²) in [5.41, 5.74) is 2.17. The van der Waals surface area contributed by atoms with Gasteiger partial charge in [-0.3, -0.25) is 4.79 Å². The second kappa shape index (κ2) is 5.13. The van der Waals surface area contributed by atoms with E-state index in [2.05, 4.69) is 10.3 Å². The van der Waals surface area contributed by atoms with Crippen molar-refractivity contribution in [2.24, 2.45) is 0 Å². The minimum atomic E-state index is -0.379. The Hall–Kier alpha value is -2.69. The minimum Gasteiger partial charge on any atom is -0.324 e. The van der Waals surface area contributed by atoms with Crippen molar-refractivity contribution in [1.29, 1.82) is 0 Å². The van der Waals surface area contributed by atoms with Crippen molar-refractivity contribution >= 4 is 22.6 Å². The fourth-order valence-electron chi connectivity index (χ4n) is 2.06. The first-order valence-electron chi connectivity index (χ1n) is 6.18. The molecule has 0 aliphatic rings. The maximum Gasteiger partial charge on any atom is 0.244 e. The van der Waals surface area contributed by atoms with E-state index in [1.165, 1.54) is 12.1 Å². The fourth-order valence-corrected chi connectivity index (χ4v) is 2.06. The minimum absolute atomic E-state index is 0.136. The number of nitrogens with zero attached hydrogens (tertiary/aromatic N) is 2. The number of fused-ring (bicyclic) bond motifs is 1. The van der Waals surface area contributed by atoms with Gasteiger partial charge in [-0.25, -0.2) is 9.37 Å². The summed E-state index contributed by atoms with van der Waals surface area (Å²) in [7, 11) is 0. The van der Waals surface area contributed by atoms with E-state index in [1.807, 2.05) is 24.3 Å². The molecule has 2 aromatic carbocycles. The number of hydrogen-bond acceptors (Lipinski definition) is 2. The van der Waals surface area contributed by atoms with E-state index in [0.29, 0.717) is 5.69 Å². The van der Waals surface area contributed by atoms with Gasteiger partial charge in [0.2, 0.25) is 5.91 Å². The van der Waals surface area contributed by atoms with Crippen LogP contribution in [0.1, 0.15) is 0 Å². The van der Waals surface area contributed by atoms with E-state index < -0.39 is 0 Å². The first-order valence-corrected chi connectivity index (χ1v) is 6.18. The van der Waals surface area contributed by atoms with Crippen LogP contribution in [0.5, 0.6) is 0 Å². The lowest BCUT2D eigenvalue weighted by Crippen LogP contribution is -2.18. The number of amides is 1. The molecule has 3 aromatic rings. The van der Waals surface area contributed by atoms with E-state index >= 15 is 0 Å². The van der Waals surface area contributed by atoms with Crippen molar-refractivity contribution in [1.82, 2.24) is 9.55 Å². The lowest BCUT2D eigenvalue weighted by atomic mass is 10.3. The molecule has 3 rings (SSSR count). The van der Waals surface area contributed by atoms with E-state index in [-0.39, 0.29) is 18.3 Å². The number of aromatic nitrogens is 2. The molecule has 1 amide bonds. The fraction of sp³-hybridized carbons (Fsp3) is 0.0667. The average Bonchev–Trinajstić information content (AvgIpc) is 2.82. The van der Waals surface area contributed by atoms with Gasteiger partial charge in [0.15, 0.2) is 0 Å². The predicted octanol–water partition coefficient (Wildman–Crippen LogP) is 2.81. The first-order chi connectivity index (χ1) is 9.72. The van der Waals surface area contributed by atoms with Gasteiger partial charge < -0.3 is 9.88 Å². The Morgan fingerprint density at radius 3 is 2.90 bits per heavy atom. The maximum atomic E-state index is 13.0. The monoisotopic (exact) mass is 269 g/mol. The first kappa shape index (κ1) is 12.3. The SMILES string of the molecule is O=C(Cn1cnc2ccccc21)Nc1cccc(F)c1. The molecule has 0 saturated heterocycles. The Morgan fingerprint density at radius 2 is 2.05 bits per heavy atom. The van der Waals surface area contributed by atoms with Crippen molar-refractivity contribution in [2.45, 2.75) is 6.54 Å². The third kappa shape index (κ3) is 2.51. The molecule has 20 heavy (non-hydrogen) atoms. The van der Waals surface area contributed by atoms with Crippen LogP contribution in [0.15, 0.2) is 54.9 Å². The lowest BCUT2D eigenvalue weighted by molar-refractivity contribution is -0.116. The predicted molar refractivity (Wildman–Crippen MR) is 74.8 cm³/mol. The number of anilines is 1. The third-order valence-corrected chi connectivity index (χ3v) is 2.95. The second-order valence-corrected chi connectivity index (χ2v) is 4.42. The lowest BCUT2D eigenvalue weighted by Gasteiger charge is -2.06. The molecule has 0 atom stereocenters. The van der Waals surface area contributed by atoms with Gasteiger partial charge in [-0.05, 0) is 30.3 Å². The molecule has 0 saturated carbocycles. The van der Waals surface area contributed by atoms with Crippen LogP contribution < -0.4 is 5.32 Å². The summed E-state index contributed by atoms with van der Waals surface area (Å²) in [5.74, 6) is -0.602. The molecule has 1 N–H and O–H groups in total. The van der Waals surface area contributed by atoms with Gasteiger partial charge in [0.1, 0.15) is 12.4 Å². The number of carbonyl (C=O) groups excluding carboxylic acids is 1. The highest BCUT2D eigenvalue weighted by atomic mass is 19.1. The summed E-state index contributed by atoms with van der Waals surface area (Å²) >= 11 is 0. The van der Waals surface area contributed by atoms with Gasteiger partial charge in [-0.1, -0.05) is 18.2 Å². The Kier molecular flexibility index (Phi) is 3.16. The number of halogens is 1. The Balaban J connectivity index is 1.76. The second-order valence-electron chi connectivity index (χ2n) is 4.42. The highest BCUT2D eigenvalue weighted by Crippen LogP contribution is 2.13. The summed E-state index contributed by atoms with van der Waals surface area (Å²) < 4.78 is 14.8. The highest BCUT2D eigenvalue weighted by Gasteiger charge is 2.07. The molecule has 100 valence electrons. The summed E-state index contributed by atoms with van der Waals surface area (Å²) in [6, 6.07) is 13.4. The number of benzene rings is 2. The molecule has 0 bridgehead atoms. The van der Waals surface area contributed by atoms with Crippen LogP contribution in [0.25, 0.3) is 11.0 Å². The molecule has 0 fully saturated rings. The number of para-hydroxylation sites is 2. The quantitative estimate of drug-likeness (QED) is 0.794. The van der Waals surface area contributed by atoms with Crippen molar-refractivity contribution < 1.29 is 9.18 Å². The molecule has 0 aliphatic carbocycles. The number of carbonyl (C=O) groups is 1. The van der Waals surface area contributed by atoms with Gasteiger partial charge in [-0.2, -0.15) is 0 Å². The van der Waals surface area contributed by atoms with Crippen LogP contribution in [0.4, 0.5) is 10.1 Å². The molecule has 4 nitrogen and oxygen atoms in total. The van der Waals surface area contributed by atoms with Gasteiger partial charge >= 0.3 is 0 Å². The molecule has 0 spiro atoms. The normalized spacial score (nSPS) is 10.7. The highest BCUT2D eigenvalue weighted by molar-refractivity contribution is 5.91. The van der Waals surface area contributed by atoms with Crippen molar-refractivity contribution in [2.75, 3.05) is 5.32 Å². The Bertz CT molecular complexity index is 766. The summed E-state index contributed by atoms with van der Waals surface area (Å²) in [6.07, 6.45) is 1.62. The van der Waals surface area contributed by atoms with E-state index in [1.54, 1.807) is 23.0 Å². The van der Waals surface area contributed by atoms with Crippen molar-refractivity contribution in [3.63, 3.8) is 0 Å². The molecule has 5 heteroatoms. The third-order valence-electron chi connectivity index (χ3n) is 2.95. The molecular weight excluding hydrogens is 257 g/mol. The topological polar surface area (TPSA) is 46.9 Å². The Morgan fingerprint density at radius 1 is 1.20 bits per heavy atom. The zero-order valence-corrected chi connectivity index (χ0v) is 10.6. The largest absolute Gasteiger partial charge is 0.324 e. The van der Waals surface area contributed by atoms with Gasteiger partial charge in [0, 0.05) is 5.69 Å². The van der Waals surface area contributed by atoms with Crippen LogP contribution in [0.3, 0.4) is 0 Å². The molecule has 0 radical (unpaired) electrons. The van der Waals surface area contributed by atoms with Crippen molar-refractivity contribution in [3.05, 3.63) is 60.7 Å². The smallest absolute Gasteiger partial charge is 0.244 e. The van der Waals surface area contributed by atoms with Crippen molar-refractivity contribution in [3.8, 4) is 0 Å². The summed E-state index contributed by atoms with van der Waals surface area (Å²) in [5, 5.41) is 2.66. The van der Waals surface area contributed by atoms with Gasteiger partial charge in [-0.15, -0.1) is 0 Å². The number of hydrogen-bond donors (Lipinski definition) is 1. The van der Waals surface area contributed by atoms with Gasteiger partial charge in [0.25, 0.3) is 0 Å². The number of nitrogens with one attached hydrogen (secondary N) is 1. The summed E-state index contributed by atoms with van der Waals surface area (Å²) in [4.78, 5) is 16.2. The summed E-state index contributed by atoms with van der Waals surface area (Å²) in [6.45, 7) is 0.136. The van der Waals surface area contributed by atoms with Crippen LogP contribution in [-0.4, -0.2) is 15.5 Å². The maximum absolute atomic E-state index is 13.0. The standard InChI is InChI=1S/C15H12FN3O/c16-11-4-3-5-12(8-11)18-15(20)9-19-10-17-13-6-1-2-7-14(13)19/h1-8,10H,9H2,(H,18,20). The zero-order valence-electron chi connectivity index (χ0n) is 10.6. The van der Waals surface area contributed by atoms with Crippen LogP contribution in [0, 0.1) is 5.82 Å². The average molecular weight is 269 g/mol. The molecule has 0 unspecified atom stereocenters. The van der Waals surface area contributed by atoms with E-state index in [4.69, 9.17) is 0 Å². The van der Waals surface area contributed by atoms with Gasteiger partial charge in [0.05, 0.1) is 17.4 Å². The number of imidazole rings is 1. The van der Waals surface area contributed by atoms with E-state index in [0.717, 1.165) is 11.0 Å². The number of rotatable bonds is 3.